The molecular formula is C22H18ClN3O4. The van der Waals surface area contributed by atoms with Crippen molar-refractivity contribution in [3.63, 3.8) is 0 Å². The third kappa shape index (κ3) is 3.59. The molecule has 1 fully saturated rings. The molecule has 1 aromatic heterocycles. The van der Waals surface area contributed by atoms with Crippen LogP contribution in [0.5, 0.6) is 0 Å². The molecule has 0 unspecified atom stereocenters. The Hall–Kier alpha value is -3.45. The molecule has 0 spiro atoms. The van der Waals surface area contributed by atoms with Crippen molar-refractivity contribution in [3.05, 3.63) is 81.5 Å². The van der Waals surface area contributed by atoms with Crippen LogP contribution >= 0.6 is 11.6 Å². The Balaban J connectivity index is 1.79. The van der Waals surface area contributed by atoms with Gasteiger partial charge in [-0.25, -0.2) is 9.78 Å². The third-order valence-corrected chi connectivity index (χ3v) is 5.78. The molecule has 3 aromatic rings. The molecule has 0 bridgehead atoms. The van der Waals surface area contributed by atoms with Crippen molar-refractivity contribution in [1.82, 2.24) is 10.3 Å². The summed E-state index contributed by atoms with van der Waals surface area (Å²) in [4.78, 5) is 26.3. The molecule has 0 radical (unpaired) electrons. The molecule has 0 atom stereocenters. The van der Waals surface area contributed by atoms with Crippen LogP contribution in [0, 0.1) is 10.1 Å². The van der Waals surface area contributed by atoms with Gasteiger partial charge in [0.15, 0.2) is 0 Å². The van der Waals surface area contributed by atoms with Crippen molar-refractivity contribution in [1.29, 1.82) is 0 Å². The van der Waals surface area contributed by atoms with Gasteiger partial charge in [0.1, 0.15) is 0 Å². The molecule has 1 aliphatic rings. The van der Waals surface area contributed by atoms with Crippen LogP contribution in [0.2, 0.25) is 5.15 Å². The maximum atomic E-state index is 11.4. The average Bonchev–Trinajstić information content (AvgIpc) is 2.71. The summed E-state index contributed by atoms with van der Waals surface area (Å²) in [6, 6.07) is 18.1. The minimum absolute atomic E-state index is 0.179. The molecule has 4 rings (SSSR count). The predicted molar refractivity (Wildman–Crippen MR) is 113 cm³/mol. The monoisotopic (exact) mass is 423 g/mol. The van der Waals surface area contributed by atoms with Crippen LogP contribution in [0.4, 0.5) is 10.5 Å². The summed E-state index contributed by atoms with van der Waals surface area (Å²) in [5, 5.41) is 23.0. The summed E-state index contributed by atoms with van der Waals surface area (Å²) < 4.78 is 0. The topological polar surface area (TPSA) is 105 Å². The second-order valence-electron chi connectivity index (χ2n) is 7.26. The molecule has 30 heavy (non-hydrogen) atoms. The lowest BCUT2D eigenvalue weighted by Gasteiger charge is -2.42. The molecule has 152 valence electrons. The van der Waals surface area contributed by atoms with Crippen LogP contribution in [0.25, 0.3) is 22.4 Å². The quantitative estimate of drug-likeness (QED) is 0.314. The number of carbonyl (C=O) groups is 1. The molecule has 1 heterocycles. The number of amides is 1. The highest BCUT2D eigenvalue weighted by Crippen LogP contribution is 2.42. The summed E-state index contributed by atoms with van der Waals surface area (Å²) in [7, 11) is 0. The van der Waals surface area contributed by atoms with Gasteiger partial charge in [-0.3, -0.25) is 10.1 Å². The molecule has 8 heteroatoms. The van der Waals surface area contributed by atoms with Gasteiger partial charge in [-0.15, -0.1) is 0 Å². The first-order chi connectivity index (χ1) is 14.4. The van der Waals surface area contributed by atoms with Crippen molar-refractivity contribution in [2.75, 3.05) is 0 Å². The Morgan fingerprint density at radius 2 is 1.77 bits per heavy atom. The summed E-state index contributed by atoms with van der Waals surface area (Å²) >= 11 is 6.10. The molecular weight excluding hydrogens is 406 g/mol. The number of hydrogen-bond acceptors (Lipinski definition) is 4. The van der Waals surface area contributed by atoms with Crippen molar-refractivity contribution in [2.45, 2.75) is 24.8 Å². The van der Waals surface area contributed by atoms with E-state index in [1.165, 1.54) is 6.07 Å². The van der Waals surface area contributed by atoms with E-state index >= 15 is 0 Å². The summed E-state index contributed by atoms with van der Waals surface area (Å²) in [6.45, 7) is 0. The van der Waals surface area contributed by atoms with E-state index in [1.54, 1.807) is 0 Å². The molecule has 1 aliphatic carbocycles. The maximum Gasteiger partial charge on any atom is 0.405 e. The van der Waals surface area contributed by atoms with E-state index in [9.17, 15) is 20.0 Å². The van der Waals surface area contributed by atoms with E-state index in [4.69, 9.17) is 11.6 Å². The number of halogens is 1. The number of nitrogens with zero attached hydrogens (tertiary/aromatic N) is 2. The first kappa shape index (κ1) is 19.8. The number of rotatable bonds is 5. The molecule has 1 amide bonds. The van der Waals surface area contributed by atoms with Gasteiger partial charge < -0.3 is 10.4 Å². The number of benzene rings is 2. The van der Waals surface area contributed by atoms with Crippen LogP contribution in [0.15, 0.2) is 60.7 Å². The maximum absolute atomic E-state index is 11.4. The molecule has 7 nitrogen and oxygen atoms in total. The van der Waals surface area contributed by atoms with Gasteiger partial charge in [0, 0.05) is 17.2 Å². The fourth-order valence-electron chi connectivity index (χ4n) is 3.83. The van der Waals surface area contributed by atoms with Gasteiger partial charge in [0.25, 0.3) is 0 Å². The smallest absolute Gasteiger partial charge is 0.405 e. The molecule has 1 saturated carbocycles. The minimum Gasteiger partial charge on any atom is -0.465 e. The van der Waals surface area contributed by atoms with E-state index in [0.29, 0.717) is 11.3 Å². The normalized spacial score (nSPS) is 14.6. The van der Waals surface area contributed by atoms with Gasteiger partial charge in [-0.2, -0.15) is 0 Å². The van der Waals surface area contributed by atoms with Gasteiger partial charge in [-0.05, 0) is 30.4 Å². The van der Waals surface area contributed by atoms with Gasteiger partial charge >= 0.3 is 11.8 Å². The Labute approximate surface area is 177 Å². The Bertz CT molecular complexity index is 1110. The predicted octanol–water partition coefficient (Wildman–Crippen LogP) is 5.62. The summed E-state index contributed by atoms with van der Waals surface area (Å²) in [5.74, 6) is 0. The molecule has 0 aliphatic heterocycles. The number of carboxylic acid groups (broad SMARTS) is 1. The van der Waals surface area contributed by atoms with Gasteiger partial charge in [-0.1, -0.05) is 66.2 Å². The third-order valence-electron chi connectivity index (χ3n) is 5.50. The summed E-state index contributed by atoms with van der Waals surface area (Å²) in [5.41, 5.74) is 2.71. The largest absolute Gasteiger partial charge is 0.465 e. The van der Waals surface area contributed by atoms with Crippen LogP contribution in [0.1, 0.15) is 24.8 Å². The highest BCUT2D eigenvalue weighted by atomic mass is 35.5. The fourth-order valence-corrected chi connectivity index (χ4v) is 4.04. The van der Waals surface area contributed by atoms with Crippen molar-refractivity contribution < 1.29 is 14.8 Å². The van der Waals surface area contributed by atoms with Crippen molar-refractivity contribution >= 4 is 23.4 Å². The van der Waals surface area contributed by atoms with Gasteiger partial charge in [0.2, 0.25) is 5.15 Å². The lowest BCUT2D eigenvalue weighted by molar-refractivity contribution is -0.385. The van der Waals surface area contributed by atoms with Crippen molar-refractivity contribution in [2.24, 2.45) is 0 Å². The first-order valence-corrected chi connectivity index (χ1v) is 9.80. The lowest BCUT2D eigenvalue weighted by atomic mass is 9.71. The SMILES string of the molecule is O=C(O)NC1(c2ccc(-c3nc(Cl)c([N+](=O)[O-])cc3-c3ccccc3)cc2)CCC1. The van der Waals surface area contributed by atoms with E-state index in [-0.39, 0.29) is 10.8 Å². The lowest BCUT2D eigenvalue weighted by Crippen LogP contribution is -2.50. The summed E-state index contributed by atoms with van der Waals surface area (Å²) in [6.07, 6.45) is 1.40. The van der Waals surface area contributed by atoms with Crippen LogP contribution in [-0.2, 0) is 5.54 Å². The van der Waals surface area contributed by atoms with Crippen LogP contribution < -0.4 is 5.32 Å². The molecule has 0 saturated heterocycles. The standard InChI is InChI=1S/C22H18ClN3O4/c23-20-18(26(29)30)13-17(14-5-2-1-3-6-14)19(24-20)15-7-9-16(10-8-15)22(11-4-12-22)25-21(27)28/h1-3,5-10,13,25H,4,11-12H2,(H,27,28). The average molecular weight is 424 g/mol. The Kier molecular flexibility index (Phi) is 5.13. The molecule has 2 aromatic carbocycles. The zero-order valence-corrected chi connectivity index (χ0v) is 16.6. The number of nitro groups is 1. The van der Waals surface area contributed by atoms with Crippen LogP contribution in [0.3, 0.4) is 0 Å². The van der Waals surface area contributed by atoms with E-state index < -0.39 is 16.6 Å². The van der Waals surface area contributed by atoms with Crippen LogP contribution in [-0.4, -0.2) is 21.1 Å². The number of nitrogens with one attached hydrogen (secondary N) is 1. The second kappa shape index (κ2) is 7.76. The van der Waals surface area contributed by atoms with E-state index in [1.807, 2.05) is 54.6 Å². The van der Waals surface area contributed by atoms with Gasteiger partial charge in [0.05, 0.1) is 16.2 Å². The number of aromatic nitrogens is 1. The van der Waals surface area contributed by atoms with E-state index in [0.717, 1.165) is 36.0 Å². The fraction of sp³-hybridized carbons (Fsp3) is 0.182. The second-order valence-corrected chi connectivity index (χ2v) is 7.62. The Morgan fingerprint density at radius 1 is 1.10 bits per heavy atom. The highest BCUT2D eigenvalue weighted by Gasteiger charge is 2.40. The first-order valence-electron chi connectivity index (χ1n) is 9.42. The zero-order valence-electron chi connectivity index (χ0n) is 15.8. The van der Waals surface area contributed by atoms with E-state index in [2.05, 4.69) is 10.3 Å². The highest BCUT2D eigenvalue weighted by molar-refractivity contribution is 6.31. The minimum atomic E-state index is -1.05. The Morgan fingerprint density at radius 3 is 2.30 bits per heavy atom. The number of pyridine rings is 1. The molecule has 2 N–H and O–H groups in total. The zero-order chi connectivity index (χ0) is 21.3. The number of hydrogen-bond donors (Lipinski definition) is 2. The van der Waals surface area contributed by atoms with Crippen molar-refractivity contribution in [3.8, 4) is 22.4 Å².